The van der Waals surface area contributed by atoms with Crippen LogP contribution in [0.3, 0.4) is 0 Å². The van der Waals surface area contributed by atoms with Crippen LogP contribution in [-0.2, 0) is 0 Å². The van der Waals surface area contributed by atoms with Gasteiger partial charge >= 0.3 is 18.5 Å². The van der Waals surface area contributed by atoms with Crippen molar-refractivity contribution in [1.29, 1.82) is 0 Å². The van der Waals surface area contributed by atoms with Gasteiger partial charge in [-0.15, -0.1) is 13.2 Å². The van der Waals surface area contributed by atoms with E-state index < -0.39 is 42.2 Å². The fourth-order valence-corrected chi connectivity index (χ4v) is 3.73. The number of halogens is 6. The first-order valence-corrected chi connectivity index (χ1v) is 12.8. The molecule has 40 heavy (non-hydrogen) atoms. The van der Waals surface area contributed by atoms with E-state index in [9.17, 15) is 36.2 Å². The van der Waals surface area contributed by atoms with Crippen molar-refractivity contribution in [3.8, 4) is 11.5 Å². The van der Waals surface area contributed by atoms with Crippen molar-refractivity contribution < 1.29 is 45.7 Å². The Morgan fingerprint density at radius 1 is 1.05 bits per heavy atom. The van der Waals surface area contributed by atoms with Crippen molar-refractivity contribution in [2.45, 2.75) is 71.8 Å². The Kier molecular flexibility index (Phi) is 11.9. The molecule has 0 spiro atoms. The van der Waals surface area contributed by atoms with E-state index in [1.54, 1.807) is 0 Å². The van der Waals surface area contributed by atoms with Gasteiger partial charge in [0, 0.05) is 11.8 Å². The number of aromatic carboxylic acids is 1. The summed E-state index contributed by atoms with van der Waals surface area (Å²) in [4.78, 5) is 18.1. The molecule has 0 unspecified atom stereocenters. The summed E-state index contributed by atoms with van der Waals surface area (Å²) in [6.45, 7) is 4.93. The second kappa shape index (κ2) is 14.7. The van der Waals surface area contributed by atoms with Crippen LogP contribution in [0.5, 0.6) is 11.5 Å². The normalized spacial score (nSPS) is 13.9. The number of carbonyl (C=O) groups is 1. The molecule has 0 atom stereocenters. The van der Waals surface area contributed by atoms with Gasteiger partial charge in [-0.3, -0.25) is 0 Å². The smallest absolute Gasteiger partial charge is 0.483 e. The fraction of sp³-hybridized carbons (Fsp3) is 0.481. The Hall–Kier alpha value is -3.64. The summed E-state index contributed by atoms with van der Waals surface area (Å²) in [5, 5.41) is 11.9. The van der Waals surface area contributed by atoms with Crippen LogP contribution in [0.15, 0.2) is 36.4 Å². The molecule has 0 aliphatic heterocycles. The van der Waals surface area contributed by atoms with Crippen molar-refractivity contribution in [3.05, 3.63) is 42.0 Å². The van der Waals surface area contributed by atoms with Crippen LogP contribution in [0.25, 0.3) is 11.0 Å². The number of benzene rings is 2. The molecule has 7 nitrogen and oxygen atoms in total. The number of fused-ring (bicyclic) bond motifs is 1. The van der Waals surface area contributed by atoms with Gasteiger partial charge in [-0.25, -0.2) is 9.78 Å². The van der Waals surface area contributed by atoms with E-state index in [-0.39, 0.29) is 17.0 Å². The number of aromatic nitrogens is 2. The molecule has 0 saturated heterocycles. The number of alkyl halides is 6. The third kappa shape index (κ3) is 11.6. The number of nitrogens with zero attached hydrogens (tertiary/aromatic N) is 1. The van der Waals surface area contributed by atoms with E-state index in [1.165, 1.54) is 50.7 Å². The highest BCUT2D eigenvalue weighted by Gasteiger charge is 2.31. The molecule has 13 heteroatoms. The van der Waals surface area contributed by atoms with Gasteiger partial charge in [-0.2, -0.15) is 13.2 Å². The third-order valence-corrected chi connectivity index (χ3v) is 5.45. The summed E-state index contributed by atoms with van der Waals surface area (Å²) < 4.78 is 82.0. The predicted octanol–water partition coefficient (Wildman–Crippen LogP) is 8.85. The van der Waals surface area contributed by atoms with E-state index in [0.717, 1.165) is 30.2 Å². The first kappa shape index (κ1) is 32.6. The summed E-state index contributed by atoms with van der Waals surface area (Å²) in [5.41, 5.74) is 0.106. The molecule has 1 heterocycles. The van der Waals surface area contributed by atoms with Crippen molar-refractivity contribution >= 4 is 28.6 Å². The van der Waals surface area contributed by atoms with Crippen LogP contribution in [0.2, 0.25) is 0 Å². The lowest BCUT2D eigenvalue weighted by molar-refractivity contribution is -0.274. The Balaban J connectivity index is 0.000000474. The first-order valence-electron chi connectivity index (χ1n) is 12.8. The largest absolute Gasteiger partial charge is 0.573 e. The summed E-state index contributed by atoms with van der Waals surface area (Å²) >= 11 is 0. The molecule has 3 aromatic rings. The van der Waals surface area contributed by atoms with Crippen LogP contribution >= 0.6 is 0 Å². The van der Waals surface area contributed by atoms with Gasteiger partial charge in [0.15, 0.2) is 6.61 Å². The van der Waals surface area contributed by atoms with Gasteiger partial charge in [0.25, 0.3) is 0 Å². The standard InChI is InChI=1S/C17H11F6N3O4.C7H14.C3H8/c18-16(19,20)7-29-13-6-12-11(5-10(13)14(27)28)25-15(26-12)24-8-1-3-9(4-2-8)30-17(21,22)23;1-7-5-3-2-4-6-7;1-3-2/h1-6H,7H2,(H,27,28)(H2,24,25,26);7H,2-6H2,1H3;3H2,1-2H3. The minimum atomic E-state index is -4.83. The monoisotopic (exact) mass is 577 g/mol. The number of rotatable bonds is 6. The summed E-state index contributed by atoms with van der Waals surface area (Å²) in [7, 11) is 0. The Morgan fingerprint density at radius 2 is 1.65 bits per heavy atom. The molecule has 0 amide bonds. The van der Waals surface area contributed by atoms with E-state index in [4.69, 9.17) is 0 Å². The molecule has 1 aliphatic rings. The molecule has 0 bridgehead atoms. The van der Waals surface area contributed by atoms with Crippen molar-refractivity contribution in [2.24, 2.45) is 5.92 Å². The second-order valence-corrected chi connectivity index (χ2v) is 9.31. The quantitative estimate of drug-likeness (QED) is 0.253. The molecular weight excluding hydrogens is 544 g/mol. The summed E-state index contributed by atoms with van der Waals surface area (Å²) in [6.07, 6.45) is -0.806. The van der Waals surface area contributed by atoms with Crippen molar-refractivity contribution in [3.63, 3.8) is 0 Å². The number of anilines is 2. The topological polar surface area (TPSA) is 96.5 Å². The predicted molar refractivity (Wildman–Crippen MR) is 139 cm³/mol. The van der Waals surface area contributed by atoms with E-state index in [2.05, 4.69) is 45.5 Å². The Bertz CT molecular complexity index is 1200. The number of hydrogen-bond donors (Lipinski definition) is 3. The molecular formula is C27H33F6N3O4. The van der Waals surface area contributed by atoms with Gasteiger partial charge in [0.2, 0.25) is 5.95 Å². The fourth-order valence-electron chi connectivity index (χ4n) is 3.73. The summed E-state index contributed by atoms with van der Waals surface area (Å²) in [5.74, 6) is -1.35. The molecule has 4 rings (SSSR count). The van der Waals surface area contributed by atoms with Crippen LogP contribution in [0.4, 0.5) is 38.0 Å². The maximum Gasteiger partial charge on any atom is 0.573 e. The van der Waals surface area contributed by atoms with Gasteiger partial charge in [0.1, 0.15) is 17.1 Å². The number of aromatic amines is 1. The van der Waals surface area contributed by atoms with Gasteiger partial charge in [0.05, 0.1) is 11.0 Å². The second-order valence-electron chi connectivity index (χ2n) is 9.31. The molecule has 3 N–H and O–H groups in total. The lowest BCUT2D eigenvalue weighted by Crippen LogP contribution is -2.20. The molecule has 222 valence electrons. The number of carboxylic acids is 1. The lowest BCUT2D eigenvalue weighted by Gasteiger charge is -2.15. The van der Waals surface area contributed by atoms with Gasteiger partial charge in [-0.05, 0) is 36.2 Å². The van der Waals surface area contributed by atoms with Crippen molar-refractivity contribution in [1.82, 2.24) is 9.97 Å². The van der Waals surface area contributed by atoms with Gasteiger partial charge < -0.3 is 24.9 Å². The van der Waals surface area contributed by atoms with E-state index in [1.807, 2.05) is 0 Å². The zero-order valence-corrected chi connectivity index (χ0v) is 22.4. The minimum absolute atomic E-state index is 0.0683. The van der Waals surface area contributed by atoms with Crippen LogP contribution in [0.1, 0.15) is 69.7 Å². The van der Waals surface area contributed by atoms with Crippen LogP contribution in [-0.4, -0.2) is 40.2 Å². The van der Waals surface area contributed by atoms with Crippen LogP contribution < -0.4 is 14.8 Å². The van der Waals surface area contributed by atoms with Crippen LogP contribution in [0, 0.1) is 5.92 Å². The lowest BCUT2D eigenvalue weighted by atomic mass is 9.91. The maximum absolute atomic E-state index is 12.4. The molecule has 2 aromatic carbocycles. The zero-order chi connectivity index (χ0) is 29.9. The van der Waals surface area contributed by atoms with Crippen molar-refractivity contribution in [2.75, 3.05) is 11.9 Å². The third-order valence-electron chi connectivity index (χ3n) is 5.45. The Morgan fingerprint density at radius 3 is 2.12 bits per heavy atom. The number of hydrogen-bond acceptors (Lipinski definition) is 5. The van der Waals surface area contributed by atoms with E-state index >= 15 is 0 Å². The number of carboxylic acid groups (broad SMARTS) is 1. The minimum Gasteiger partial charge on any atom is -0.483 e. The SMILES string of the molecule is CC1CCCCC1.CCC.O=C(O)c1cc2[nH]c(Nc3ccc(OC(F)(F)F)cc3)nc2cc1OCC(F)(F)F. The van der Waals surface area contributed by atoms with E-state index in [0.29, 0.717) is 5.69 Å². The molecule has 1 fully saturated rings. The molecule has 1 aromatic heterocycles. The zero-order valence-electron chi connectivity index (χ0n) is 22.4. The van der Waals surface area contributed by atoms with Gasteiger partial charge in [-0.1, -0.05) is 59.3 Å². The summed E-state index contributed by atoms with van der Waals surface area (Å²) in [6, 6.07) is 6.76. The average Bonchev–Trinajstić information content (AvgIpc) is 3.24. The maximum atomic E-state index is 12.4. The number of ether oxygens (including phenoxy) is 2. The molecule has 1 saturated carbocycles. The Labute approximate surface area is 227 Å². The molecule has 0 radical (unpaired) electrons. The highest BCUT2D eigenvalue weighted by molar-refractivity contribution is 5.96. The number of nitrogens with one attached hydrogen (secondary N) is 2. The highest BCUT2D eigenvalue weighted by atomic mass is 19.4. The highest BCUT2D eigenvalue weighted by Crippen LogP contribution is 2.29. The average molecular weight is 578 g/mol. The first-order chi connectivity index (χ1) is 18.7. The number of imidazole rings is 1. The number of H-pyrrole nitrogens is 1. The molecule has 1 aliphatic carbocycles.